The molecule has 2 bridgehead atoms. The third-order valence-corrected chi connectivity index (χ3v) is 5.93. The van der Waals surface area contributed by atoms with Crippen molar-refractivity contribution in [3.05, 3.63) is 59.2 Å². The van der Waals surface area contributed by atoms with Crippen molar-refractivity contribution >= 4 is 11.7 Å². The van der Waals surface area contributed by atoms with Crippen molar-refractivity contribution in [3.8, 4) is 17.9 Å². The minimum absolute atomic E-state index is 0.185. The lowest BCUT2D eigenvalue weighted by Crippen LogP contribution is -2.56. The van der Waals surface area contributed by atoms with E-state index < -0.39 is 11.6 Å². The Morgan fingerprint density at radius 3 is 2.47 bits per heavy atom. The lowest BCUT2D eigenvalue weighted by atomic mass is 10.1. The van der Waals surface area contributed by atoms with Gasteiger partial charge in [-0.2, -0.15) is 10.5 Å². The molecule has 2 aromatic carbocycles. The summed E-state index contributed by atoms with van der Waals surface area (Å²) in [5.74, 6) is -1.52. The van der Waals surface area contributed by atoms with Gasteiger partial charge in [0.2, 0.25) is 0 Å². The number of ether oxygens (including phenoxy) is 1. The third kappa shape index (κ3) is 4.48. The molecule has 2 atom stereocenters. The molecule has 2 fully saturated rings. The molecule has 2 aliphatic rings. The first-order chi connectivity index (χ1) is 15.5. The topological polar surface area (TPSA) is 92.4 Å². The van der Waals surface area contributed by atoms with Crippen molar-refractivity contribution in [3.63, 3.8) is 0 Å². The second-order valence-corrected chi connectivity index (χ2v) is 7.87. The number of likely N-dealkylation sites (tertiary alicyclic amines) is 1. The Bertz CT molecular complexity index is 1100. The average Bonchev–Trinajstić information content (AvgIpc) is 3.02. The van der Waals surface area contributed by atoms with Crippen molar-refractivity contribution in [2.45, 2.75) is 24.9 Å². The highest BCUT2D eigenvalue weighted by molar-refractivity contribution is 5.89. The molecule has 2 saturated heterocycles. The summed E-state index contributed by atoms with van der Waals surface area (Å²) in [7, 11) is 0. The molecular weight excluding hydrogens is 416 g/mol. The predicted molar refractivity (Wildman–Crippen MR) is 112 cm³/mol. The molecule has 9 heteroatoms. The number of piperazine rings is 1. The first-order valence-corrected chi connectivity index (χ1v) is 10.3. The van der Waals surface area contributed by atoms with Crippen LogP contribution in [0.3, 0.4) is 0 Å². The van der Waals surface area contributed by atoms with Crippen molar-refractivity contribution in [2.75, 3.05) is 31.6 Å². The van der Waals surface area contributed by atoms with Crippen molar-refractivity contribution < 1.29 is 18.3 Å². The molecule has 0 aromatic heterocycles. The first kappa shape index (κ1) is 21.5. The number of benzene rings is 2. The molecule has 0 radical (unpaired) electrons. The third-order valence-electron chi connectivity index (χ3n) is 5.93. The molecule has 2 heterocycles. The minimum atomic E-state index is -1.01. The summed E-state index contributed by atoms with van der Waals surface area (Å²) in [5.41, 5.74) is 0.947. The number of hydrogen-bond donors (Lipinski definition) is 1. The molecule has 2 unspecified atom stereocenters. The molecule has 2 aromatic rings. The maximum Gasteiger partial charge on any atom is 0.321 e. The van der Waals surface area contributed by atoms with Crippen LogP contribution in [0.25, 0.3) is 0 Å². The second kappa shape index (κ2) is 9.21. The summed E-state index contributed by atoms with van der Waals surface area (Å²) in [4.78, 5) is 16.6. The highest BCUT2D eigenvalue weighted by Crippen LogP contribution is 2.30. The molecule has 4 rings (SSSR count). The number of urea groups is 1. The molecule has 0 aliphatic carbocycles. The fraction of sp³-hybridized carbons (Fsp3) is 0.348. The number of carbonyl (C=O) groups excluding carboxylic acids is 1. The van der Waals surface area contributed by atoms with Gasteiger partial charge in [0.05, 0.1) is 17.2 Å². The minimum Gasteiger partial charge on any atom is -0.491 e. The van der Waals surface area contributed by atoms with Gasteiger partial charge in [0.1, 0.15) is 18.4 Å². The average molecular weight is 437 g/mol. The van der Waals surface area contributed by atoms with E-state index in [-0.39, 0.29) is 23.8 Å². The lowest BCUT2D eigenvalue weighted by molar-refractivity contribution is 0.0746. The van der Waals surface area contributed by atoms with Crippen LogP contribution in [-0.4, -0.2) is 54.2 Å². The zero-order valence-electron chi connectivity index (χ0n) is 17.2. The van der Waals surface area contributed by atoms with E-state index in [1.807, 2.05) is 12.1 Å². The Balaban J connectivity index is 1.31. The number of rotatable bonds is 5. The van der Waals surface area contributed by atoms with E-state index >= 15 is 0 Å². The van der Waals surface area contributed by atoms with Crippen LogP contribution in [0.1, 0.15) is 24.0 Å². The first-order valence-electron chi connectivity index (χ1n) is 10.3. The van der Waals surface area contributed by atoms with Gasteiger partial charge in [0.15, 0.2) is 11.6 Å². The van der Waals surface area contributed by atoms with Crippen molar-refractivity contribution in [1.29, 1.82) is 10.5 Å². The monoisotopic (exact) mass is 437 g/mol. The van der Waals surface area contributed by atoms with Crippen LogP contribution in [0.5, 0.6) is 5.75 Å². The smallest absolute Gasteiger partial charge is 0.321 e. The number of nitriles is 2. The Morgan fingerprint density at radius 1 is 1.06 bits per heavy atom. The maximum absolute atomic E-state index is 13.4. The summed E-state index contributed by atoms with van der Waals surface area (Å²) < 4.78 is 32.3. The van der Waals surface area contributed by atoms with E-state index in [9.17, 15) is 18.8 Å². The Hall–Kier alpha value is -3.69. The molecule has 1 N–H and O–H groups in total. The van der Waals surface area contributed by atoms with Crippen LogP contribution >= 0.6 is 0 Å². The molecular formula is C23H21F2N5O2. The molecule has 0 saturated carbocycles. The zero-order chi connectivity index (χ0) is 22.7. The fourth-order valence-electron chi connectivity index (χ4n) is 4.37. The lowest BCUT2D eigenvalue weighted by Gasteiger charge is -2.40. The van der Waals surface area contributed by atoms with Gasteiger partial charge in [-0.15, -0.1) is 0 Å². The van der Waals surface area contributed by atoms with Crippen LogP contribution in [0.15, 0.2) is 36.4 Å². The maximum atomic E-state index is 13.4. The van der Waals surface area contributed by atoms with Gasteiger partial charge in [-0.1, -0.05) is 0 Å². The number of hydrogen-bond acceptors (Lipinski definition) is 5. The van der Waals surface area contributed by atoms with Gasteiger partial charge in [-0.25, -0.2) is 13.6 Å². The highest BCUT2D eigenvalue weighted by atomic mass is 19.2. The summed E-state index contributed by atoms with van der Waals surface area (Å²) in [5, 5.41) is 20.9. The quantitative estimate of drug-likeness (QED) is 0.773. The van der Waals surface area contributed by atoms with Crippen LogP contribution in [0.2, 0.25) is 0 Å². The van der Waals surface area contributed by atoms with Crippen LogP contribution in [0, 0.1) is 34.3 Å². The van der Waals surface area contributed by atoms with Gasteiger partial charge in [-0.05, 0) is 43.2 Å². The van der Waals surface area contributed by atoms with E-state index in [2.05, 4.69) is 10.2 Å². The van der Waals surface area contributed by atoms with E-state index in [4.69, 9.17) is 10.00 Å². The standard InChI is InChI=1S/C23H21F2N5O2/c24-20-5-2-17(10-21(20)25)28-23(31)29-13-18-3-4-19(14-29)30(18)7-8-32-22-6-1-15(11-26)9-16(22)12-27/h1-2,5-6,9-10,18-19H,3-4,7-8,13-14H2,(H,28,31). The Kier molecular flexibility index (Phi) is 6.20. The van der Waals surface area contributed by atoms with E-state index in [0.717, 1.165) is 25.0 Å². The van der Waals surface area contributed by atoms with Gasteiger partial charge < -0.3 is 15.0 Å². The molecule has 0 spiro atoms. The summed E-state index contributed by atoms with van der Waals surface area (Å²) in [6, 6.07) is 12.1. The van der Waals surface area contributed by atoms with Crippen molar-refractivity contribution in [1.82, 2.24) is 9.80 Å². The summed E-state index contributed by atoms with van der Waals surface area (Å²) >= 11 is 0. The van der Waals surface area contributed by atoms with Crippen LogP contribution in [-0.2, 0) is 0 Å². The van der Waals surface area contributed by atoms with E-state index in [1.165, 1.54) is 12.1 Å². The zero-order valence-corrected chi connectivity index (χ0v) is 17.2. The number of halogens is 2. The largest absolute Gasteiger partial charge is 0.491 e. The van der Waals surface area contributed by atoms with Gasteiger partial charge >= 0.3 is 6.03 Å². The van der Waals surface area contributed by atoms with Crippen LogP contribution < -0.4 is 10.1 Å². The summed E-state index contributed by atoms with van der Waals surface area (Å²) in [6.45, 7) is 2.10. The number of nitrogens with one attached hydrogen (secondary N) is 1. The fourth-order valence-corrected chi connectivity index (χ4v) is 4.37. The SMILES string of the molecule is N#Cc1ccc(OCCN2C3CCC2CN(C(=O)Nc2ccc(F)c(F)c2)C3)c(C#N)c1. The van der Waals surface area contributed by atoms with E-state index in [0.29, 0.717) is 43.1 Å². The molecule has 7 nitrogen and oxygen atoms in total. The molecule has 32 heavy (non-hydrogen) atoms. The highest BCUT2D eigenvalue weighted by Gasteiger charge is 2.41. The van der Waals surface area contributed by atoms with Gasteiger partial charge in [-0.3, -0.25) is 4.90 Å². The van der Waals surface area contributed by atoms with E-state index in [1.54, 1.807) is 17.0 Å². The summed E-state index contributed by atoms with van der Waals surface area (Å²) in [6.07, 6.45) is 1.92. The Morgan fingerprint density at radius 2 is 1.81 bits per heavy atom. The predicted octanol–water partition coefficient (Wildman–Crippen LogP) is 3.47. The molecule has 2 amide bonds. The van der Waals surface area contributed by atoms with Crippen LogP contribution in [0.4, 0.5) is 19.3 Å². The van der Waals surface area contributed by atoms with Gasteiger partial charge in [0.25, 0.3) is 0 Å². The van der Waals surface area contributed by atoms with Crippen molar-refractivity contribution in [2.24, 2.45) is 0 Å². The van der Waals surface area contributed by atoms with Gasteiger partial charge in [0, 0.05) is 43.5 Å². The number of carbonyl (C=O) groups is 1. The number of anilines is 1. The second-order valence-electron chi connectivity index (χ2n) is 7.87. The molecule has 2 aliphatic heterocycles. The number of amides is 2. The Labute approximate surface area is 184 Å². The number of fused-ring (bicyclic) bond motifs is 2. The molecule has 164 valence electrons. The normalized spacial score (nSPS) is 19.8. The number of nitrogens with zero attached hydrogens (tertiary/aromatic N) is 4.